The molecule has 0 spiro atoms. The third kappa shape index (κ3) is 5.74. The maximum Gasteiger partial charge on any atom is 0.222 e. The molecule has 1 saturated heterocycles. The van der Waals surface area contributed by atoms with E-state index in [0.717, 1.165) is 35.3 Å². The Labute approximate surface area is 187 Å². The van der Waals surface area contributed by atoms with Gasteiger partial charge >= 0.3 is 0 Å². The number of rotatable bonds is 8. The van der Waals surface area contributed by atoms with Crippen molar-refractivity contribution in [2.24, 2.45) is 0 Å². The molecule has 0 aliphatic carbocycles. The quantitative estimate of drug-likeness (QED) is 0.396. The summed E-state index contributed by atoms with van der Waals surface area (Å²) in [5, 5.41) is 9.87. The average molecular weight is 437 g/mol. The van der Waals surface area contributed by atoms with Crippen molar-refractivity contribution in [1.29, 1.82) is 0 Å². The molecule has 162 valence electrons. The van der Waals surface area contributed by atoms with Gasteiger partial charge in [-0.2, -0.15) is 0 Å². The first-order valence-electron chi connectivity index (χ1n) is 10.7. The van der Waals surface area contributed by atoms with Crippen molar-refractivity contribution >= 4 is 17.7 Å². The number of carbonyl (C=O) groups excluding carboxylic acids is 1. The van der Waals surface area contributed by atoms with Gasteiger partial charge in [-0.15, -0.1) is 10.2 Å². The number of nitrogens with zero attached hydrogens (tertiary/aromatic N) is 4. The van der Waals surface area contributed by atoms with E-state index in [0.29, 0.717) is 32.7 Å². The van der Waals surface area contributed by atoms with Gasteiger partial charge in [0.15, 0.2) is 5.16 Å². The van der Waals surface area contributed by atoms with E-state index in [1.807, 2.05) is 23.1 Å². The second-order valence-corrected chi connectivity index (χ2v) is 8.74. The third-order valence-corrected chi connectivity index (χ3v) is 6.31. The molecule has 4 rings (SSSR count). The highest BCUT2D eigenvalue weighted by Gasteiger charge is 2.18. The second-order valence-electron chi connectivity index (χ2n) is 7.68. The SMILES string of the molecule is Cc1cccc(-n2c(Cc3ccccc3)nnc2SCCCC(=O)N2CCOCC2)c1. The number of morpholine rings is 1. The molecule has 0 N–H and O–H groups in total. The molecule has 0 atom stereocenters. The average Bonchev–Trinajstić information content (AvgIpc) is 3.20. The fourth-order valence-electron chi connectivity index (χ4n) is 3.67. The number of hydrogen-bond donors (Lipinski definition) is 0. The number of aromatic nitrogens is 3. The van der Waals surface area contributed by atoms with Crippen molar-refractivity contribution in [1.82, 2.24) is 19.7 Å². The van der Waals surface area contributed by atoms with Gasteiger partial charge in [-0.25, -0.2) is 0 Å². The maximum absolute atomic E-state index is 12.4. The minimum Gasteiger partial charge on any atom is -0.378 e. The molecule has 0 saturated carbocycles. The lowest BCUT2D eigenvalue weighted by Crippen LogP contribution is -2.40. The van der Waals surface area contributed by atoms with Crippen LogP contribution in [0.25, 0.3) is 5.69 Å². The van der Waals surface area contributed by atoms with Gasteiger partial charge in [-0.3, -0.25) is 9.36 Å². The molecule has 3 aromatic rings. The van der Waals surface area contributed by atoms with Gasteiger partial charge in [-0.05, 0) is 36.6 Å². The van der Waals surface area contributed by atoms with Gasteiger partial charge in [-0.1, -0.05) is 54.2 Å². The summed E-state index contributed by atoms with van der Waals surface area (Å²) < 4.78 is 7.47. The van der Waals surface area contributed by atoms with E-state index in [1.165, 1.54) is 11.1 Å². The van der Waals surface area contributed by atoms with Crippen LogP contribution in [0.3, 0.4) is 0 Å². The molecule has 2 heterocycles. The van der Waals surface area contributed by atoms with E-state index in [2.05, 4.69) is 58.1 Å². The molecule has 2 aromatic carbocycles. The van der Waals surface area contributed by atoms with Crippen molar-refractivity contribution in [2.45, 2.75) is 31.3 Å². The van der Waals surface area contributed by atoms with Crippen LogP contribution in [-0.4, -0.2) is 57.6 Å². The molecule has 0 unspecified atom stereocenters. The number of thioether (sulfide) groups is 1. The summed E-state index contributed by atoms with van der Waals surface area (Å²) in [6, 6.07) is 18.7. The lowest BCUT2D eigenvalue weighted by Gasteiger charge is -2.26. The Hall–Kier alpha value is -2.64. The summed E-state index contributed by atoms with van der Waals surface area (Å²) >= 11 is 1.66. The lowest BCUT2D eigenvalue weighted by molar-refractivity contribution is -0.135. The minimum atomic E-state index is 0.216. The zero-order valence-corrected chi connectivity index (χ0v) is 18.7. The highest BCUT2D eigenvalue weighted by Crippen LogP contribution is 2.25. The fourth-order valence-corrected chi connectivity index (χ4v) is 4.58. The van der Waals surface area contributed by atoms with E-state index in [-0.39, 0.29) is 5.91 Å². The molecule has 31 heavy (non-hydrogen) atoms. The monoisotopic (exact) mass is 436 g/mol. The van der Waals surface area contributed by atoms with Gasteiger partial charge in [0.05, 0.1) is 13.2 Å². The van der Waals surface area contributed by atoms with Gasteiger partial charge in [0, 0.05) is 37.4 Å². The van der Waals surface area contributed by atoms with Crippen LogP contribution >= 0.6 is 11.8 Å². The molecule has 0 radical (unpaired) electrons. The molecule has 1 amide bonds. The van der Waals surface area contributed by atoms with E-state index in [1.54, 1.807) is 11.8 Å². The molecule has 1 aliphatic heterocycles. The second kappa shape index (κ2) is 10.6. The standard InChI is InChI=1S/C24H28N4O2S/c1-19-7-5-10-21(17-19)28-22(18-20-8-3-2-4-9-20)25-26-24(28)31-16-6-11-23(29)27-12-14-30-15-13-27/h2-5,7-10,17H,6,11-16,18H2,1H3. The van der Waals surface area contributed by atoms with E-state index in [4.69, 9.17) is 4.74 Å². The third-order valence-electron chi connectivity index (χ3n) is 5.30. The highest BCUT2D eigenvalue weighted by atomic mass is 32.2. The largest absolute Gasteiger partial charge is 0.378 e. The van der Waals surface area contributed by atoms with Crippen LogP contribution in [0.15, 0.2) is 59.8 Å². The van der Waals surface area contributed by atoms with Crippen LogP contribution in [0.1, 0.15) is 29.8 Å². The number of aryl methyl sites for hydroxylation is 1. The Balaban J connectivity index is 1.44. The predicted molar refractivity (Wildman–Crippen MR) is 123 cm³/mol. The van der Waals surface area contributed by atoms with Crippen molar-refractivity contribution in [3.8, 4) is 5.69 Å². The van der Waals surface area contributed by atoms with Crippen LogP contribution in [0, 0.1) is 6.92 Å². The Morgan fingerprint density at radius 1 is 1.06 bits per heavy atom. The molecule has 6 nitrogen and oxygen atoms in total. The van der Waals surface area contributed by atoms with Crippen molar-refractivity contribution in [3.05, 3.63) is 71.5 Å². The van der Waals surface area contributed by atoms with Crippen molar-refractivity contribution < 1.29 is 9.53 Å². The van der Waals surface area contributed by atoms with Gasteiger partial charge < -0.3 is 9.64 Å². The van der Waals surface area contributed by atoms with Crippen LogP contribution in [0.5, 0.6) is 0 Å². The smallest absolute Gasteiger partial charge is 0.222 e. The molecule has 1 fully saturated rings. The fraction of sp³-hybridized carbons (Fsp3) is 0.375. The summed E-state index contributed by atoms with van der Waals surface area (Å²) in [5.74, 6) is 1.96. The topological polar surface area (TPSA) is 60.2 Å². The first-order chi connectivity index (χ1) is 15.2. The van der Waals surface area contributed by atoms with Crippen molar-refractivity contribution in [2.75, 3.05) is 32.1 Å². The zero-order valence-electron chi connectivity index (χ0n) is 17.9. The first kappa shape index (κ1) is 21.6. The Morgan fingerprint density at radius 3 is 2.65 bits per heavy atom. The minimum absolute atomic E-state index is 0.216. The maximum atomic E-state index is 12.4. The molecule has 1 aromatic heterocycles. The van der Waals surface area contributed by atoms with Crippen LogP contribution in [0.2, 0.25) is 0 Å². The molecular weight excluding hydrogens is 408 g/mol. The first-order valence-corrected chi connectivity index (χ1v) is 11.7. The molecule has 1 aliphatic rings. The summed E-state index contributed by atoms with van der Waals surface area (Å²) in [6.07, 6.45) is 2.09. The van der Waals surface area contributed by atoms with E-state index >= 15 is 0 Å². The lowest BCUT2D eigenvalue weighted by atomic mass is 10.1. The predicted octanol–water partition coefficient (Wildman–Crippen LogP) is 3.90. The van der Waals surface area contributed by atoms with Gasteiger partial charge in [0.25, 0.3) is 0 Å². The van der Waals surface area contributed by atoms with Gasteiger partial charge in [0.1, 0.15) is 5.82 Å². The van der Waals surface area contributed by atoms with Crippen LogP contribution < -0.4 is 0 Å². The summed E-state index contributed by atoms with van der Waals surface area (Å²) in [7, 11) is 0. The Kier molecular flexibility index (Phi) is 7.38. The number of hydrogen-bond acceptors (Lipinski definition) is 5. The zero-order chi connectivity index (χ0) is 21.5. The number of amides is 1. The van der Waals surface area contributed by atoms with E-state index in [9.17, 15) is 4.79 Å². The molecule has 0 bridgehead atoms. The Morgan fingerprint density at radius 2 is 1.87 bits per heavy atom. The molecular formula is C24H28N4O2S. The van der Waals surface area contributed by atoms with E-state index < -0.39 is 0 Å². The number of benzene rings is 2. The normalized spacial score (nSPS) is 14.0. The summed E-state index contributed by atoms with van der Waals surface area (Å²) in [5.41, 5.74) is 3.48. The number of carbonyl (C=O) groups is 1. The van der Waals surface area contributed by atoms with Crippen LogP contribution in [-0.2, 0) is 16.0 Å². The molecule has 7 heteroatoms. The van der Waals surface area contributed by atoms with Crippen LogP contribution in [0.4, 0.5) is 0 Å². The Bertz CT molecular complexity index is 1000. The summed E-state index contributed by atoms with van der Waals surface area (Å²) in [4.78, 5) is 14.3. The van der Waals surface area contributed by atoms with Gasteiger partial charge in [0.2, 0.25) is 5.91 Å². The summed E-state index contributed by atoms with van der Waals surface area (Å²) in [6.45, 7) is 4.79. The van der Waals surface area contributed by atoms with Crippen molar-refractivity contribution in [3.63, 3.8) is 0 Å². The number of ether oxygens (including phenoxy) is 1. The highest BCUT2D eigenvalue weighted by molar-refractivity contribution is 7.99.